The summed E-state index contributed by atoms with van der Waals surface area (Å²) in [6.45, 7) is 6.15. The van der Waals surface area contributed by atoms with Gasteiger partial charge in [0.2, 0.25) is 0 Å². The Bertz CT molecular complexity index is 849. The van der Waals surface area contributed by atoms with E-state index < -0.39 is 5.50 Å². The van der Waals surface area contributed by atoms with Crippen molar-refractivity contribution in [2.75, 3.05) is 0 Å². The molecule has 0 radical (unpaired) electrons. The van der Waals surface area contributed by atoms with E-state index in [1.54, 1.807) is 0 Å². The van der Waals surface area contributed by atoms with Crippen molar-refractivity contribution in [1.82, 2.24) is 4.98 Å². The van der Waals surface area contributed by atoms with Gasteiger partial charge in [-0.2, -0.15) is 0 Å². The van der Waals surface area contributed by atoms with Crippen LogP contribution >= 0.6 is 0 Å². The molecule has 0 aliphatic rings. The number of nitrogens with zero attached hydrogens (tertiary/aromatic N) is 1. The van der Waals surface area contributed by atoms with Gasteiger partial charge < -0.3 is 5.11 Å². The van der Waals surface area contributed by atoms with Gasteiger partial charge in [0.15, 0.2) is 0 Å². The quantitative estimate of drug-likeness (QED) is 0.729. The smallest absolute Gasteiger partial charge is 0.149 e. The summed E-state index contributed by atoms with van der Waals surface area (Å²) in [5.74, 6) is 0. The fourth-order valence-electron chi connectivity index (χ4n) is 2.80. The van der Waals surface area contributed by atoms with E-state index in [9.17, 15) is 5.11 Å². The minimum atomic E-state index is -0.876. The zero-order chi connectivity index (χ0) is 18.1. The molecule has 2 nitrogen and oxygen atoms in total. The predicted octanol–water partition coefficient (Wildman–Crippen LogP) is 4.24. The zero-order valence-corrected chi connectivity index (χ0v) is 15.3. The predicted molar refractivity (Wildman–Crippen MR) is 107 cm³/mol. The van der Waals surface area contributed by atoms with Crippen LogP contribution in [0.2, 0.25) is 0 Å². The summed E-state index contributed by atoms with van der Waals surface area (Å²) in [5.41, 5.74) is 4.13. The van der Waals surface area contributed by atoms with Crippen LogP contribution in [-0.2, 0) is 5.50 Å². The molecule has 0 saturated carbocycles. The van der Waals surface area contributed by atoms with Crippen LogP contribution in [0.5, 0.6) is 0 Å². The zero-order valence-electron chi connectivity index (χ0n) is 15.3. The molecular weight excluding hydrogens is 305 g/mol. The molecule has 0 aliphatic carbocycles. The third-order valence-corrected chi connectivity index (χ3v) is 5.07. The molecule has 126 valence electrons. The lowest BCUT2D eigenvalue weighted by Gasteiger charge is -2.38. The number of pyridine rings is 1. The van der Waals surface area contributed by atoms with Crippen molar-refractivity contribution in [3.8, 4) is 22.4 Å². The summed E-state index contributed by atoms with van der Waals surface area (Å²) in [5, 5.41) is 10.9. The number of aliphatic hydroxyl groups is 1. The van der Waals surface area contributed by atoms with Gasteiger partial charge in [-0.15, -0.1) is 0 Å². The van der Waals surface area contributed by atoms with Gasteiger partial charge in [-0.05, 0) is 34.2 Å². The molecule has 0 amide bonds. The standard InChI is InChI=1S/C22H24BNO/c1-21(2,3)22(23,25)19-11-9-16(10-12-19)18-13-14-24-20(15-18)17-7-5-4-6-8-17/h4-15,25H,23H2,1-3H3. The Hall–Kier alpha value is -2.39. The van der Waals surface area contributed by atoms with Gasteiger partial charge in [-0.25, -0.2) is 0 Å². The summed E-state index contributed by atoms with van der Waals surface area (Å²) in [6, 6.07) is 22.5. The van der Waals surface area contributed by atoms with Gasteiger partial charge in [-0.3, -0.25) is 4.98 Å². The van der Waals surface area contributed by atoms with Crippen molar-refractivity contribution < 1.29 is 5.11 Å². The first-order valence-corrected chi connectivity index (χ1v) is 8.64. The van der Waals surface area contributed by atoms with Gasteiger partial charge in [0.1, 0.15) is 7.85 Å². The summed E-state index contributed by atoms with van der Waals surface area (Å²) < 4.78 is 0. The van der Waals surface area contributed by atoms with Crippen molar-refractivity contribution in [3.63, 3.8) is 0 Å². The largest absolute Gasteiger partial charge is 0.394 e. The molecule has 0 saturated heterocycles. The Kier molecular flexibility index (Phi) is 4.53. The van der Waals surface area contributed by atoms with Crippen LogP contribution in [-0.4, -0.2) is 17.9 Å². The molecule has 3 heteroatoms. The highest BCUT2D eigenvalue weighted by atomic mass is 16.3. The Morgan fingerprint density at radius 2 is 1.44 bits per heavy atom. The Morgan fingerprint density at radius 3 is 2.04 bits per heavy atom. The van der Waals surface area contributed by atoms with Gasteiger partial charge in [-0.1, -0.05) is 75.4 Å². The van der Waals surface area contributed by atoms with Crippen LogP contribution in [0.1, 0.15) is 26.3 Å². The van der Waals surface area contributed by atoms with E-state index in [4.69, 9.17) is 0 Å². The van der Waals surface area contributed by atoms with E-state index in [0.29, 0.717) is 0 Å². The minimum Gasteiger partial charge on any atom is -0.394 e. The maximum atomic E-state index is 10.9. The molecule has 2 aromatic carbocycles. The van der Waals surface area contributed by atoms with Crippen LogP contribution in [0.4, 0.5) is 0 Å². The van der Waals surface area contributed by atoms with Crippen LogP contribution in [0.15, 0.2) is 72.9 Å². The molecule has 1 aromatic heterocycles. The third kappa shape index (κ3) is 3.52. The van der Waals surface area contributed by atoms with Gasteiger partial charge in [0.05, 0.1) is 11.2 Å². The normalized spacial score (nSPS) is 14.1. The number of hydrogen-bond donors (Lipinski definition) is 1. The summed E-state index contributed by atoms with van der Waals surface area (Å²) in [7, 11) is 1.88. The van der Waals surface area contributed by atoms with Gasteiger partial charge in [0.25, 0.3) is 0 Å². The minimum absolute atomic E-state index is 0.230. The van der Waals surface area contributed by atoms with Gasteiger partial charge >= 0.3 is 0 Å². The van der Waals surface area contributed by atoms with E-state index in [2.05, 4.69) is 56.1 Å². The third-order valence-electron chi connectivity index (χ3n) is 5.07. The van der Waals surface area contributed by atoms with Crippen molar-refractivity contribution >= 4 is 7.85 Å². The lowest BCUT2D eigenvalue weighted by atomic mass is 9.60. The monoisotopic (exact) mass is 329 g/mol. The molecular formula is C22H24BNO. The molecule has 3 aromatic rings. The number of hydrogen-bond acceptors (Lipinski definition) is 2. The second-order valence-electron chi connectivity index (χ2n) is 7.70. The Balaban J connectivity index is 1.94. The first kappa shape index (κ1) is 17.4. The van der Waals surface area contributed by atoms with E-state index in [1.807, 2.05) is 50.4 Å². The molecule has 0 aliphatic heterocycles. The van der Waals surface area contributed by atoms with E-state index >= 15 is 0 Å². The molecule has 0 bridgehead atoms. The van der Waals surface area contributed by atoms with Gasteiger partial charge in [0, 0.05) is 11.8 Å². The van der Waals surface area contributed by atoms with E-state index in [1.165, 1.54) is 0 Å². The topological polar surface area (TPSA) is 33.1 Å². The molecule has 1 heterocycles. The lowest BCUT2D eigenvalue weighted by molar-refractivity contribution is 0.0157. The second-order valence-corrected chi connectivity index (χ2v) is 7.70. The average Bonchev–Trinajstić information content (AvgIpc) is 2.62. The molecule has 0 spiro atoms. The van der Waals surface area contributed by atoms with Crippen molar-refractivity contribution in [1.29, 1.82) is 0 Å². The first-order valence-electron chi connectivity index (χ1n) is 8.64. The fraction of sp³-hybridized carbons (Fsp3) is 0.227. The Labute approximate surface area is 151 Å². The maximum absolute atomic E-state index is 10.9. The van der Waals surface area contributed by atoms with Crippen LogP contribution in [0, 0.1) is 5.41 Å². The SMILES string of the molecule is BC(O)(c1ccc(-c2ccnc(-c3ccccc3)c2)cc1)C(C)(C)C. The average molecular weight is 329 g/mol. The fourth-order valence-corrected chi connectivity index (χ4v) is 2.80. The lowest BCUT2D eigenvalue weighted by Crippen LogP contribution is -2.40. The summed E-state index contributed by atoms with van der Waals surface area (Å²) in [6.07, 6.45) is 1.84. The molecule has 3 rings (SSSR count). The van der Waals surface area contributed by atoms with E-state index in [0.717, 1.165) is 27.9 Å². The summed E-state index contributed by atoms with van der Waals surface area (Å²) in [4.78, 5) is 4.48. The van der Waals surface area contributed by atoms with Crippen LogP contribution < -0.4 is 0 Å². The van der Waals surface area contributed by atoms with Crippen molar-refractivity contribution in [3.05, 3.63) is 78.5 Å². The molecule has 25 heavy (non-hydrogen) atoms. The molecule has 1 atom stereocenters. The highest BCUT2D eigenvalue weighted by molar-refractivity contribution is 6.15. The van der Waals surface area contributed by atoms with Crippen LogP contribution in [0.3, 0.4) is 0 Å². The maximum Gasteiger partial charge on any atom is 0.149 e. The molecule has 1 N–H and O–H groups in total. The summed E-state index contributed by atoms with van der Waals surface area (Å²) >= 11 is 0. The van der Waals surface area contributed by atoms with Crippen molar-refractivity contribution in [2.45, 2.75) is 26.3 Å². The number of aromatic nitrogens is 1. The van der Waals surface area contributed by atoms with Crippen LogP contribution in [0.25, 0.3) is 22.4 Å². The van der Waals surface area contributed by atoms with Crippen molar-refractivity contribution in [2.24, 2.45) is 5.41 Å². The van der Waals surface area contributed by atoms with E-state index in [-0.39, 0.29) is 5.41 Å². The number of rotatable bonds is 3. The molecule has 1 unspecified atom stereocenters. The highest BCUT2D eigenvalue weighted by Gasteiger charge is 2.36. The number of benzene rings is 2. The highest BCUT2D eigenvalue weighted by Crippen LogP contribution is 2.37. The second kappa shape index (κ2) is 6.49. The Morgan fingerprint density at radius 1 is 0.800 bits per heavy atom. The molecule has 0 fully saturated rings. The first-order chi connectivity index (χ1) is 11.8.